The van der Waals surface area contributed by atoms with Crippen LogP contribution in [0.2, 0.25) is 0 Å². The molecule has 1 N–H and O–H groups in total. The highest BCUT2D eigenvalue weighted by Gasteiger charge is 2.39. The van der Waals surface area contributed by atoms with Crippen LogP contribution in [0.4, 0.5) is 0 Å². The predicted octanol–water partition coefficient (Wildman–Crippen LogP) is 4.08. The van der Waals surface area contributed by atoms with E-state index in [0.29, 0.717) is 11.8 Å². The van der Waals surface area contributed by atoms with E-state index in [1.807, 2.05) is 30.3 Å². The zero-order valence-electron chi connectivity index (χ0n) is 11.0. The van der Waals surface area contributed by atoms with Gasteiger partial charge in [-0.3, -0.25) is 0 Å². The van der Waals surface area contributed by atoms with E-state index in [9.17, 15) is 5.11 Å². The third kappa shape index (κ3) is 1.85. The summed E-state index contributed by atoms with van der Waals surface area (Å²) in [6.07, 6.45) is 2.67. The summed E-state index contributed by atoms with van der Waals surface area (Å²) in [7, 11) is 0. The highest BCUT2D eigenvalue weighted by molar-refractivity contribution is 5.77. The fourth-order valence-corrected chi connectivity index (χ4v) is 3.02. The number of rotatable bonds is 1. The second-order valence-corrected chi connectivity index (χ2v) is 5.88. The van der Waals surface area contributed by atoms with Gasteiger partial charge in [-0.15, -0.1) is 0 Å². The van der Waals surface area contributed by atoms with Crippen molar-refractivity contribution in [2.24, 2.45) is 11.8 Å². The van der Waals surface area contributed by atoms with E-state index in [1.54, 1.807) is 0 Å². The molecular formula is C16H20O2. The molecule has 2 aromatic rings. The van der Waals surface area contributed by atoms with Crippen LogP contribution in [0.25, 0.3) is 11.0 Å². The van der Waals surface area contributed by atoms with Crippen LogP contribution in [0.1, 0.15) is 38.9 Å². The van der Waals surface area contributed by atoms with E-state index in [2.05, 4.69) is 13.8 Å². The Hall–Kier alpha value is -1.28. The molecule has 96 valence electrons. The van der Waals surface area contributed by atoms with E-state index in [0.717, 1.165) is 36.0 Å². The topological polar surface area (TPSA) is 33.4 Å². The largest absolute Gasteiger partial charge is 0.458 e. The lowest BCUT2D eigenvalue weighted by molar-refractivity contribution is -0.0488. The molecule has 1 aromatic heterocycles. The van der Waals surface area contributed by atoms with E-state index in [-0.39, 0.29) is 0 Å². The minimum atomic E-state index is -0.773. The molecule has 3 atom stereocenters. The Balaban J connectivity index is 1.98. The van der Waals surface area contributed by atoms with Gasteiger partial charge in [-0.05, 0) is 43.2 Å². The van der Waals surface area contributed by atoms with Gasteiger partial charge in [0.2, 0.25) is 0 Å². The monoisotopic (exact) mass is 244 g/mol. The van der Waals surface area contributed by atoms with E-state index < -0.39 is 5.60 Å². The van der Waals surface area contributed by atoms with Gasteiger partial charge in [-0.25, -0.2) is 0 Å². The number of para-hydroxylation sites is 1. The molecule has 1 aliphatic rings. The number of fused-ring (bicyclic) bond motifs is 1. The number of aliphatic hydroxyl groups is 1. The Labute approximate surface area is 108 Å². The number of furan rings is 1. The molecule has 0 saturated heterocycles. The van der Waals surface area contributed by atoms with Gasteiger partial charge >= 0.3 is 0 Å². The standard InChI is InChI=1S/C16H20O2/c1-11-7-8-16(17,10-12(11)2)15-9-13-5-3-4-6-14(13)18-15/h3-6,9,11-12,17H,7-8,10H2,1-2H3. The molecule has 1 aliphatic carbocycles. The summed E-state index contributed by atoms with van der Waals surface area (Å²) in [5, 5.41) is 11.9. The molecular weight excluding hydrogens is 224 g/mol. The van der Waals surface area contributed by atoms with Crippen molar-refractivity contribution >= 4 is 11.0 Å². The number of hydrogen-bond acceptors (Lipinski definition) is 2. The Morgan fingerprint density at radius 2 is 2.00 bits per heavy atom. The molecule has 1 aromatic carbocycles. The van der Waals surface area contributed by atoms with Gasteiger partial charge in [-0.2, -0.15) is 0 Å². The maximum atomic E-state index is 10.8. The second-order valence-electron chi connectivity index (χ2n) is 5.88. The molecule has 1 heterocycles. The van der Waals surface area contributed by atoms with Gasteiger partial charge in [0.05, 0.1) is 0 Å². The van der Waals surface area contributed by atoms with Gasteiger partial charge in [0.1, 0.15) is 16.9 Å². The van der Waals surface area contributed by atoms with Crippen molar-refractivity contribution in [3.8, 4) is 0 Å². The molecule has 2 heteroatoms. The van der Waals surface area contributed by atoms with Crippen LogP contribution in [0.3, 0.4) is 0 Å². The lowest BCUT2D eigenvalue weighted by Gasteiger charge is -2.37. The molecule has 0 bridgehead atoms. The first-order chi connectivity index (χ1) is 8.58. The minimum Gasteiger partial charge on any atom is -0.458 e. The zero-order valence-corrected chi connectivity index (χ0v) is 11.0. The van der Waals surface area contributed by atoms with Crippen molar-refractivity contribution in [2.45, 2.75) is 38.7 Å². The average Bonchev–Trinajstić information content (AvgIpc) is 2.79. The summed E-state index contributed by atoms with van der Waals surface area (Å²) >= 11 is 0. The van der Waals surface area contributed by atoms with Crippen molar-refractivity contribution < 1.29 is 9.52 Å². The Morgan fingerprint density at radius 1 is 1.22 bits per heavy atom. The Morgan fingerprint density at radius 3 is 2.72 bits per heavy atom. The fraction of sp³-hybridized carbons (Fsp3) is 0.500. The maximum absolute atomic E-state index is 10.8. The SMILES string of the molecule is CC1CCC(O)(c2cc3ccccc3o2)CC1C. The lowest BCUT2D eigenvalue weighted by Crippen LogP contribution is -2.34. The van der Waals surface area contributed by atoms with Crippen LogP contribution in [0.15, 0.2) is 34.7 Å². The van der Waals surface area contributed by atoms with Crippen molar-refractivity contribution in [1.82, 2.24) is 0 Å². The summed E-state index contributed by atoms with van der Waals surface area (Å²) in [5.41, 5.74) is 0.0949. The number of hydrogen-bond donors (Lipinski definition) is 1. The van der Waals surface area contributed by atoms with E-state index in [4.69, 9.17) is 4.42 Å². The summed E-state index contributed by atoms with van der Waals surface area (Å²) in [5.74, 6) is 1.97. The van der Waals surface area contributed by atoms with Crippen LogP contribution in [0, 0.1) is 11.8 Å². The highest BCUT2D eigenvalue weighted by atomic mass is 16.4. The minimum absolute atomic E-state index is 0.539. The van der Waals surface area contributed by atoms with Crippen LogP contribution < -0.4 is 0 Å². The van der Waals surface area contributed by atoms with Crippen LogP contribution in [-0.4, -0.2) is 5.11 Å². The second kappa shape index (κ2) is 4.13. The van der Waals surface area contributed by atoms with Gasteiger partial charge in [0.25, 0.3) is 0 Å². The first-order valence-corrected chi connectivity index (χ1v) is 6.80. The molecule has 1 fully saturated rings. The van der Waals surface area contributed by atoms with E-state index >= 15 is 0 Å². The summed E-state index contributed by atoms with van der Waals surface area (Å²) < 4.78 is 5.84. The highest BCUT2D eigenvalue weighted by Crippen LogP contribution is 2.43. The Kier molecular flexibility index (Phi) is 2.70. The van der Waals surface area contributed by atoms with Crippen molar-refractivity contribution in [3.63, 3.8) is 0 Å². The predicted molar refractivity (Wildman–Crippen MR) is 72.3 cm³/mol. The van der Waals surface area contributed by atoms with Gasteiger partial charge in [0, 0.05) is 5.39 Å². The molecule has 0 radical (unpaired) electrons. The summed E-state index contributed by atoms with van der Waals surface area (Å²) in [6, 6.07) is 9.94. The summed E-state index contributed by atoms with van der Waals surface area (Å²) in [6.45, 7) is 4.49. The molecule has 3 unspecified atom stereocenters. The third-order valence-electron chi connectivity index (χ3n) is 4.53. The number of benzene rings is 1. The van der Waals surface area contributed by atoms with Gasteiger partial charge in [0.15, 0.2) is 0 Å². The third-order valence-corrected chi connectivity index (χ3v) is 4.53. The maximum Gasteiger partial charge on any atom is 0.136 e. The Bertz CT molecular complexity index is 524. The molecule has 3 rings (SSSR count). The molecule has 0 aliphatic heterocycles. The fourth-order valence-electron chi connectivity index (χ4n) is 3.02. The van der Waals surface area contributed by atoms with Gasteiger partial charge in [-0.1, -0.05) is 32.0 Å². The molecule has 0 amide bonds. The molecule has 18 heavy (non-hydrogen) atoms. The zero-order chi connectivity index (χ0) is 12.8. The van der Waals surface area contributed by atoms with Crippen LogP contribution in [0.5, 0.6) is 0 Å². The normalized spacial score (nSPS) is 32.8. The first kappa shape index (κ1) is 11.8. The lowest BCUT2D eigenvalue weighted by atomic mass is 9.72. The smallest absolute Gasteiger partial charge is 0.136 e. The summed E-state index contributed by atoms with van der Waals surface area (Å²) in [4.78, 5) is 0. The average molecular weight is 244 g/mol. The van der Waals surface area contributed by atoms with Crippen molar-refractivity contribution in [1.29, 1.82) is 0 Å². The first-order valence-electron chi connectivity index (χ1n) is 6.80. The molecule has 0 spiro atoms. The molecule has 2 nitrogen and oxygen atoms in total. The van der Waals surface area contributed by atoms with Crippen LogP contribution >= 0.6 is 0 Å². The van der Waals surface area contributed by atoms with Gasteiger partial charge < -0.3 is 9.52 Å². The van der Waals surface area contributed by atoms with Crippen LogP contribution in [-0.2, 0) is 5.60 Å². The molecule has 1 saturated carbocycles. The van der Waals surface area contributed by atoms with Crippen molar-refractivity contribution in [3.05, 3.63) is 36.1 Å². The van der Waals surface area contributed by atoms with E-state index in [1.165, 1.54) is 0 Å². The van der Waals surface area contributed by atoms with Crippen molar-refractivity contribution in [2.75, 3.05) is 0 Å². The quantitative estimate of drug-likeness (QED) is 0.820.